The molecular formula is C8H13NO3. The van der Waals surface area contributed by atoms with Crippen LogP contribution in [0, 0.1) is 11.8 Å². The molecule has 1 unspecified atom stereocenters. The van der Waals surface area contributed by atoms with Crippen LogP contribution < -0.4 is 5.48 Å². The first-order valence-corrected chi connectivity index (χ1v) is 4.14. The third kappa shape index (κ3) is 3.00. The lowest BCUT2D eigenvalue weighted by Gasteiger charge is -2.06. The molecule has 12 heavy (non-hydrogen) atoms. The van der Waals surface area contributed by atoms with Crippen molar-refractivity contribution in [3.63, 3.8) is 0 Å². The van der Waals surface area contributed by atoms with Gasteiger partial charge in [-0.3, -0.25) is 10.0 Å². The fourth-order valence-electron chi connectivity index (χ4n) is 1.25. The normalized spacial score (nSPS) is 18.4. The van der Waals surface area contributed by atoms with E-state index < -0.39 is 5.91 Å². The standard InChI is InChI=1S/C8H13NO3/c10-5-7(3-6-1-2-6)4-8(11)9-12/h5-7,12H,1-4H2,(H,9,11). The zero-order valence-corrected chi connectivity index (χ0v) is 6.82. The third-order valence-electron chi connectivity index (χ3n) is 2.10. The van der Waals surface area contributed by atoms with Crippen LogP contribution in [-0.4, -0.2) is 17.4 Å². The average molecular weight is 171 g/mol. The van der Waals surface area contributed by atoms with Crippen LogP contribution in [0.2, 0.25) is 0 Å². The molecule has 4 nitrogen and oxygen atoms in total. The molecule has 1 fully saturated rings. The summed E-state index contributed by atoms with van der Waals surface area (Å²) < 4.78 is 0. The Kier molecular flexibility index (Phi) is 3.22. The van der Waals surface area contributed by atoms with Gasteiger partial charge in [-0.05, 0) is 12.3 Å². The summed E-state index contributed by atoms with van der Waals surface area (Å²) in [5.41, 5.74) is 1.53. The van der Waals surface area contributed by atoms with E-state index in [4.69, 9.17) is 5.21 Å². The highest BCUT2D eigenvalue weighted by Gasteiger charge is 2.26. The number of carbonyl (C=O) groups excluding carboxylic acids is 2. The Morgan fingerprint density at radius 2 is 2.33 bits per heavy atom. The minimum absolute atomic E-state index is 0.108. The summed E-state index contributed by atoms with van der Waals surface area (Å²) in [4.78, 5) is 21.1. The van der Waals surface area contributed by atoms with Crippen molar-refractivity contribution < 1.29 is 14.8 Å². The lowest BCUT2D eigenvalue weighted by atomic mass is 10.00. The average Bonchev–Trinajstić information content (AvgIpc) is 2.86. The van der Waals surface area contributed by atoms with Crippen LogP contribution in [0.4, 0.5) is 0 Å². The lowest BCUT2D eigenvalue weighted by Crippen LogP contribution is -2.22. The molecule has 0 spiro atoms. The van der Waals surface area contributed by atoms with Crippen LogP contribution in [0.25, 0.3) is 0 Å². The van der Waals surface area contributed by atoms with Crippen LogP contribution >= 0.6 is 0 Å². The zero-order chi connectivity index (χ0) is 8.97. The quantitative estimate of drug-likeness (QED) is 0.359. The molecular weight excluding hydrogens is 158 g/mol. The Labute approximate surface area is 70.9 Å². The number of nitrogens with one attached hydrogen (secondary N) is 1. The SMILES string of the molecule is O=CC(CC(=O)NO)CC1CC1. The Balaban J connectivity index is 2.23. The van der Waals surface area contributed by atoms with Gasteiger partial charge in [-0.1, -0.05) is 12.8 Å². The first-order chi connectivity index (χ1) is 5.76. The van der Waals surface area contributed by atoms with Gasteiger partial charge in [0.2, 0.25) is 5.91 Å². The van der Waals surface area contributed by atoms with Crippen LogP contribution in [0.3, 0.4) is 0 Å². The van der Waals surface area contributed by atoms with E-state index in [0.717, 1.165) is 12.7 Å². The molecule has 0 aromatic heterocycles. The van der Waals surface area contributed by atoms with Crippen LogP contribution in [-0.2, 0) is 9.59 Å². The van der Waals surface area contributed by atoms with Gasteiger partial charge >= 0.3 is 0 Å². The monoisotopic (exact) mass is 171 g/mol. The Morgan fingerprint density at radius 1 is 1.67 bits per heavy atom. The van der Waals surface area contributed by atoms with Gasteiger partial charge in [0.1, 0.15) is 6.29 Å². The van der Waals surface area contributed by atoms with E-state index in [1.54, 1.807) is 0 Å². The number of hydroxylamine groups is 1. The fourth-order valence-corrected chi connectivity index (χ4v) is 1.25. The van der Waals surface area contributed by atoms with E-state index >= 15 is 0 Å². The molecule has 1 atom stereocenters. The minimum atomic E-state index is -0.479. The van der Waals surface area contributed by atoms with Crippen LogP contribution in [0.15, 0.2) is 0 Å². The third-order valence-corrected chi connectivity index (χ3v) is 2.10. The maximum absolute atomic E-state index is 10.7. The summed E-state index contributed by atoms with van der Waals surface area (Å²) in [5.74, 6) is -0.0657. The van der Waals surface area contributed by atoms with Gasteiger partial charge in [0, 0.05) is 12.3 Å². The maximum Gasteiger partial charge on any atom is 0.244 e. The van der Waals surface area contributed by atoms with Crippen molar-refractivity contribution in [2.45, 2.75) is 25.7 Å². The maximum atomic E-state index is 10.7. The molecule has 0 aliphatic heterocycles. The molecule has 1 amide bonds. The number of carbonyl (C=O) groups is 2. The van der Waals surface area contributed by atoms with Crippen molar-refractivity contribution in [1.82, 2.24) is 5.48 Å². The van der Waals surface area contributed by atoms with Crippen molar-refractivity contribution in [3.05, 3.63) is 0 Å². The predicted molar refractivity (Wildman–Crippen MR) is 41.4 cm³/mol. The first-order valence-electron chi connectivity index (χ1n) is 4.14. The number of aldehydes is 1. The fraction of sp³-hybridized carbons (Fsp3) is 0.750. The molecule has 1 aliphatic rings. The van der Waals surface area contributed by atoms with E-state index in [-0.39, 0.29) is 12.3 Å². The summed E-state index contributed by atoms with van der Waals surface area (Å²) in [6.07, 6.45) is 4.04. The first kappa shape index (κ1) is 9.19. The topological polar surface area (TPSA) is 66.4 Å². The Morgan fingerprint density at radius 3 is 2.75 bits per heavy atom. The minimum Gasteiger partial charge on any atom is -0.303 e. The molecule has 1 saturated carbocycles. The molecule has 0 aromatic rings. The lowest BCUT2D eigenvalue weighted by molar-refractivity contribution is -0.131. The van der Waals surface area contributed by atoms with Crippen LogP contribution in [0.5, 0.6) is 0 Å². The van der Waals surface area contributed by atoms with Crippen molar-refractivity contribution >= 4 is 12.2 Å². The van der Waals surface area contributed by atoms with Gasteiger partial charge in [0.15, 0.2) is 0 Å². The van der Waals surface area contributed by atoms with Gasteiger partial charge in [0.05, 0.1) is 0 Å². The summed E-state index contributed by atoms with van der Waals surface area (Å²) in [6.45, 7) is 0. The zero-order valence-electron chi connectivity index (χ0n) is 6.82. The van der Waals surface area contributed by atoms with Crippen LogP contribution in [0.1, 0.15) is 25.7 Å². The van der Waals surface area contributed by atoms with Crippen molar-refractivity contribution in [1.29, 1.82) is 0 Å². The van der Waals surface area contributed by atoms with Crippen molar-refractivity contribution in [2.24, 2.45) is 11.8 Å². The van der Waals surface area contributed by atoms with E-state index in [1.165, 1.54) is 18.3 Å². The largest absolute Gasteiger partial charge is 0.303 e. The van der Waals surface area contributed by atoms with Gasteiger partial charge in [-0.25, -0.2) is 5.48 Å². The second-order valence-electron chi connectivity index (χ2n) is 3.31. The van der Waals surface area contributed by atoms with Gasteiger partial charge in [-0.2, -0.15) is 0 Å². The summed E-state index contributed by atoms with van der Waals surface area (Å²) in [7, 11) is 0. The highest BCUT2D eigenvalue weighted by atomic mass is 16.5. The van der Waals surface area contributed by atoms with Crippen molar-refractivity contribution in [2.75, 3.05) is 0 Å². The smallest absolute Gasteiger partial charge is 0.244 e. The number of hydrogen-bond donors (Lipinski definition) is 2. The summed E-state index contributed by atoms with van der Waals surface area (Å²) >= 11 is 0. The molecule has 0 bridgehead atoms. The molecule has 2 N–H and O–H groups in total. The van der Waals surface area contributed by atoms with Gasteiger partial charge in [0.25, 0.3) is 0 Å². The summed E-state index contributed by atoms with van der Waals surface area (Å²) in [5, 5.41) is 8.21. The molecule has 4 heteroatoms. The Hall–Kier alpha value is -0.900. The molecule has 0 saturated heterocycles. The predicted octanol–water partition coefficient (Wildman–Crippen LogP) is 0.497. The van der Waals surface area contributed by atoms with E-state index in [2.05, 4.69) is 0 Å². The second kappa shape index (κ2) is 4.21. The van der Waals surface area contributed by atoms with Crippen molar-refractivity contribution in [3.8, 4) is 0 Å². The highest BCUT2D eigenvalue weighted by molar-refractivity contribution is 5.77. The second-order valence-corrected chi connectivity index (χ2v) is 3.31. The number of hydrogen-bond acceptors (Lipinski definition) is 3. The van der Waals surface area contributed by atoms with E-state index in [0.29, 0.717) is 5.92 Å². The van der Waals surface area contributed by atoms with E-state index in [1.807, 2.05) is 0 Å². The highest BCUT2D eigenvalue weighted by Crippen LogP contribution is 2.35. The number of amides is 1. The molecule has 1 aliphatic carbocycles. The molecule has 1 rings (SSSR count). The van der Waals surface area contributed by atoms with E-state index in [9.17, 15) is 9.59 Å². The molecule has 0 heterocycles. The molecule has 0 aromatic carbocycles. The molecule has 68 valence electrons. The Bertz CT molecular complexity index is 177. The summed E-state index contributed by atoms with van der Waals surface area (Å²) in [6, 6.07) is 0. The van der Waals surface area contributed by atoms with Gasteiger partial charge in [-0.15, -0.1) is 0 Å². The number of rotatable bonds is 5. The van der Waals surface area contributed by atoms with Gasteiger partial charge < -0.3 is 4.79 Å². The molecule has 0 radical (unpaired) electrons.